The molecule has 100 valence electrons. The van der Waals surface area contributed by atoms with Crippen LogP contribution in [0.4, 0.5) is 0 Å². The van der Waals surface area contributed by atoms with Crippen LogP contribution in [0.3, 0.4) is 0 Å². The van der Waals surface area contributed by atoms with Crippen molar-refractivity contribution < 1.29 is 19.2 Å². The van der Waals surface area contributed by atoms with Crippen molar-refractivity contribution >= 4 is 5.97 Å². The van der Waals surface area contributed by atoms with E-state index < -0.39 is 11.6 Å². The second-order valence-electron chi connectivity index (χ2n) is 5.22. The van der Waals surface area contributed by atoms with Gasteiger partial charge in [-0.05, 0) is 33.1 Å². The van der Waals surface area contributed by atoms with Gasteiger partial charge in [0, 0.05) is 13.0 Å². The Labute approximate surface area is 105 Å². The van der Waals surface area contributed by atoms with E-state index in [0.29, 0.717) is 24.6 Å². The van der Waals surface area contributed by atoms with Crippen LogP contribution in [0.5, 0.6) is 0 Å². The number of rotatable bonds is 4. The molecule has 1 heterocycles. The third kappa shape index (κ3) is 2.38. The average molecular weight is 254 g/mol. The highest BCUT2D eigenvalue weighted by atomic mass is 16.5. The molecular formula is C12H18N2O4. The summed E-state index contributed by atoms with van der Waals surface area (Å²) >= 11 is 0. The molecule has 1 N–H and O–H groups in total. The molecule has 0 aliphatic heterocycles. The molecule has 0 aromatic carbocycles. The van der Waals surface area contributed by atoms with Gasteiger partial charge >= 0.3 is 5.97 Å². The second-order valence-corrected chi connectivity index (χ2v) is 5.22. The minimum Gasteiger partial charge on any atom is -0.481 e. The summed E-state index contributed by atoms with van der Waals surface area (Å²) in [6, 6.07) is 0. The minimum atomic E-state index is -0.741. The molecule has 0 saturated heterocycles. The third-order valence-electron chi connectivity index (χ3n) is 3.62. The van der Waals surface area contributed by atoms with Crippen LogP contribution in [0.2, 0.25) is 0 Å². The first-order valence-corrected chi connectivity index (χ1v) is 6.06. The lowest BCUT2D eigenvalue weighted by molar-refractivity contribution is -0.141. The van der Waals surface area contributed by atoms with E-state index in [4.69, 9.17) is 14.4 Å². The van der Waals surface area contributed by atoms with Crippen molar-refractivity contribution in [1.82, 2.24) is 10.1 Å². The van der Waals surface area contributed by atoms with E-state index in [1.807, 2.05) is 13.8 Å². The first kappa shape index (κ1) is 13.0. The zero-order valence-corrected chi connectivity index (χ0v) is 10.8. The SMILES string of the molecule is COC(C)(C)c1noc(C2CCC(C(=O)O)C2)n1. The van der Waals surface area contributed by atoms with Crippen molar-refractivity contribution in [2.75, 3.05) is 7.11 Å². The van der Waals surface area contributed by atoms with Gasteiger partial charge in [-0.2, -0.15) is 4.98 Å². The van der Waals surface area contributed by atoms with E-state index >= 15 is 0 Å². The van der Waals surface area contributed by atoms with Crippen LogP contribution in [0.15, 0.2) is 4.52 Å². The molecule has 2 rings (SSSR count). The van der Waals surface area contributed by atoms with Crippen LogP contribution in [-0.2, 0) is 15.1 Å². The fraction of sp³-hybridized carbons (Fsp3) is 0.750. The number of carboxylic acid groups (broad SMARTS) is 1. The van der Waals surface area contributed by atoms with E-state index in [2.05, 4.69) is 10.1 Å². The zero-order valence-electron chi connectivity index (χ0n) is 10.8. The molecule has 1 fully saturated rings. The van der Waals surface area contributed by atoms with Crippen LogP contribution in [0.25, 0.3) is 0 Å². The van der Waals surface area contributed by atoms with Crippen LogP contribution < -0.4 is 0 Å². The fourth-order valence-electron chi connectivity index (χ4n) is 2.17. The maximum absolute atomic E-state index is 10.9. The number of methoxy groups -OCH3 is 1. The number of aliphatic carboxylic acids is 1. The Hall–Kier alpha value is -1.43. The highest BCUT2D eigenvalue weighted by molar-refractivity contribution is 5.70. The molecule has 18 heavy (non-hydrogen) atoms. The van der Waals surface area contributed by atoms with E-state index in [1.165, 1.54) is 0 Å². The lowest BCUT2D eigenvalue weighted by atomic mass is 10.1. The number of hydrogen-bond donors (Lipinski definition) is 1. The summed E-state index contributed by atoms with van der Waals surface area (Å²) in [7, 11) is 1.59. The largest absolute Gasteiger partial charge is 0.481 e. The van der Waals surface area contributed by atoms with Crippen molar-refractivity contribution in [1.29, 1.82) is 0 Å². The number of carbonyl (C=O) groups is 1. The summed E-state index contributed by atoms with van der Waals surface area (Å²) < 4.78 is 10.5. The van der Waals surface area contributed by atoms with Crippen molar-refractivity contribution in [2.24, 2.45) is 5.92 Å². The quantitative estimate of drug-likeness (QED) is 0.883. The van der Waals surface area contributed by atoms with Gasteiger partial charge in [0.2, 0.25) is 11.7 Å². The molecule has 2 atom stereocenters. The van der Waals surface area contributed by atoms with Crippen molar-refractivity contribution in [2.45, 2.75) is 44.6 Å². The molecule has 6 nitrogen and oxygen atoms in total. The standard InChI is InChI=1S/C12H18N2O4/c1-12(2,17-3)11-13-9(18-14-11)7-4-5-8(6-7)10(15)16/h7-8H,4-6H2,1-3H3,(H,15,16). The Morgan fingerprint density at radius 3 is 2.78 bits per heavy atom. The highest BCUT2D eigenvalue weighted by Crippen LogP contribution is 2.38. The number of carboxylic acids is 1. The molecule has 1 aliphatic rings. The fourth-order valence-corrected chi connectivity index (χ4v) is 2.17. The molecule has 1 aromatic rings. The van der Waals surface area contributed by atoms with Gasteiger partial charge < -0.3 is 14.4 Å². The van der Waals surface area contributed by atoms with Crippen LogP contribution in [-0.4, -0.2) is 28.3 Å². The number of nitrogens with zero attached hydrogens (tertiary/aromatic N) is 2. The molecule has 1 aliphatic carbocycles. The topological polar surface area (TPSA) is 85.5 Å². The van der Waals surface area contributed by atoms with Gasteiger partial charge in [0.15, 0.2) is 0 Å². The molecule has 6 heteroatoms. The maximum atomic E-state index is 10.9. The smallest absolute Gasteiger partial charge is 0.306 e. The molecule has 2 unspecified atom stereocenters. The van der Waals surface area contributed by atoms with Crippen LogP contribution >= 0.6 is 0 Å². The summed E-state index contributed by atoms with van der Waals surface area (Å²) in [5, 5.41) is 12.9. The lowest BCUT2D eigenvalue weighted by Crippen LogP contribution is -2.21. The summed E-state index contributed by atoms with van der Waals surface area (Å²) in [4.78, 5) is 15.2. The Balaban J connectivity index is 2.10. The van der Waals surface area contributed by atoms with E-state index in [0.717, 1.165) is 6.42 Å². The molecule has 1 aromatic heterocycles. The average Bonchev–Trinajstić information content (AvgIpc) is 2.97. The summed E-state index contributed by atoms with van der Waals surface area (Å²) in [6.07, 6.45) is 2.03. The molecule has 0 radical (unpaired) electrons. The Morgan fingerprint density at radius 1 is 1.50 bits per heavy atom. The summed E-state index contributed by atoms with van der Waals surface area (Å²) in [5.74, 6) is 0.0490. The van der Waals surface area contributed by atoms with E-state index in [1.54, 1.807) is 7.11 Å². The van der Waals surface area contributed by atoms with Crippen molar-refractivity contribution in [3.63, 3.8) is 0 Å². The summed E-state index contributed by atoms with van der Waals surface area (Å²) in [6.45, 7) is 3.71. The van der Waals surface area contributed by atoms with Crippen molar-refractivity contribution in [3.8, 4) is 0 Å². The van der Waals surface area contributed by atoms with Crippen LogP contribution in [0, 0.1) is 5.92 Å². The second kappa shape index (κ2) is 4.68. The molecular weight excluding hydrogens is 236 g/mol. The van der Waals surface area contributed by atoms with Gasteiger partial charge in [-0.3, -0.25) is 4.79 Å². The monoisotopic (exact) mass is 254 g/mol. The van der Waals surface area contributed by atoms with E-state index in [-0.39, 0.29) is 11.8 Å². The summed E-state index contributed by atoms with van der Waals surface area (Å²) in [5.41, 5.74) is -0.591. The van der Waals surface area contributed by atoms with E-state index in [9.17, 15) is 4.79 Å². The predicted molar refractivity (Wildman–Crippen MR) is 62.1 cm³/mol. The van der Waals surface area contributed by atoms with Gasteiger partial charge in [-0.1, -0.05) is 5.16 Å². The Kier molecular flexibility index (Phi) is 3.38. The molecule has 0 bridgehead atoms. The Morgan fingerprint density at radius 2 is 2.22 bits per heavy atom. The number of hydrogen-bond acceptors (Lipinski definition) is 5. The van der Waals surface area contributed by atoms with Crippen LogP contribution in [0.1, 0.15) is 50.7 Å². The van der Waals surface area contributed by atoms with Gasteiger partial charge in [0.1, 0.15) is 5.60 Å². The molecule has 0 amide bonds. The molecule has 1 saturated carbocycles. The molecule has 0 spiro atoms. The number of aromatic nitrogens is 2. The van der Waals surface area contributed by atoms with Crippen molar-refractivity contribution in [3.05, 3.63) is 11.7 Å². The minimum absolute atomic E-state index is 0.0556. The van der Waals surface area contributed by atoms with Gasteiger partial charge in [0.25, 0.3) is 0 Å². The maximum Gasteiger partial charge on any atom is 0.306 e. The highest BCUT2D eigenvalue weighted by Gasteiger charge is 2.35. The number of ether oxygens (including phenoxy) is 1. The first-order chi connectivity index (χ1) is 8.44. The zero-order chi connectivity index (χ0) is 13.3. The lowest BCUT2D eigenvalue weighted by Gasteiger charge is -2.17. The van der Waals surface area contributed by atoms with Gasteiger partial charge in [-0.25, -0.2) is 0 Å². The predicted octanol–water partition coefficient (Wildman–Crippen LogP) is 1.92. The van der Waals surface area contributed by atoms with Gasteiger partial charge in [-0.15, -0.1) is 0 Å². The normalized spacial score (nSPS) is 24.4. The van der Waals surface area contributed by atoms with Gasteiger partial charge in [0.05, 0.1) is 5.92 Å². The first-order valence-electron chi connectivity index (χ1n) is 6.06. The third-order valence-corrected chi connectivity index (χ3v) is 3.62. The Bertz CT molecular complexity index is 441.